The maximum absolute atomic E-state index is 11.9. The van der Waals surface area contributed by atoms with Crippen LogP contribution < -0.4 is 10.1 Å². The van der Waals surface area contributed by atoms with Crippen molar-refractivity contribution in [3.63, 3.8) is 0 Å². The molecule has 5 heteroatoms. The fraction of sp³-hybridized carbons (Fsp3) is 0.375. The number of allylic oxidation sites excluding steroid dienone is 1. The Hall–Kier alpha value is -2.30. The molecule has 0 heterocycles. The molecular formula is C16H21NO4. The van der Waals surface area contributed by atoms with Gasteiger partial charge in [0, 0.05) is 17.3 Å². The molecule has 0 fully saturated rings. The fourth-order valence-corrected chi connectivity index (χ4v) is 1.64. The summed E-state index contributed by atoms with van der Waals surface area (Å²) < 4.78 is 10.1. The molecule has 0 bridgehead atoms. The Labute approximate surface area is 124 Å². The van der Waals surface area contributed by atoms with Crippen molar-refractivity contribution in [1.29, 1.82) is 0 Å². The summed E-state index contributed by atoms with van der Waals surface area (Å²) in [6.07, 6.45) is 2.67. The van der Waals surface area contributed by atoms with E-state index in [9.17, 15) is 9.59 Å². The Balaban J connectivity index is 2.62. The number of hydrogen-bond acceptors (Lipinski definition) is 4. The molecular weight excluding hydrogens is 270 g/mol. The zero-order valence-electron chi connectivity index (χ0n) is 12.6. The van der Waals surface area contributed by atoms with Gasteiger partial charge in [0.05, 0.1) is 6.61 Å². The number of amides is 1. The second-order valence-electron chi connectivity index (χ2n) is 4.37. The molecule has 5 nitrogen and oxygen atoms in total. The monoisotopic (exact) mass is 291 g/mol. The van der Waals surface area contributed by atoms with Crippen molar-refractivity contribution in [2.24, 2.45) is 0 Å². The highest BCUT2D eigenvalue weighted by molar-refractivity contribution is 6.03. The van der Waals surface area contributed by atoms with Crippen LogP contribution in [-0.2, 0) is 14.3 Å². The van der Waals surface area contributed by atoms with E-state index in [2.05, 4.69) is 5.32 Å². The third-order valence-electron chi connectivity index (χ3n) is 2.62. The van der Waals surface area contributed by atoms with Crippen LogP contribution in [0.5, 0.6) is 5.75 Å². The van der Waals surface area contributed by atoms with Gasteiger partial charge in [-0.25, -0.2) is 4.79 Å². The first kappa shape index (κ1) is 16.8. The fourth-order valence-electron chi connectivity index (χ4n) is 1.64. The number of ether oxygens (including phenoxy) is 2. The van der Waals surface area contributed by atoms with Gasteiger partial charge in [0.25, 0.3) is 5.91 Å². The first-order chi connectivity index (χ1) is 10.1. The minimum absolute atomic E-state index is 0.153. The molecule has 0 saturated carbocycles. The van der Waals surface area contributed by atoms with E-state index < -0.39 is 5.97 Å². The predicted molar refractivity (Wildman–Crippen MR) is 81.2 cm³/mol. The van der Waals surface area contributed by atoms with Crippen LogP contribution in [0.4, 0.5) is 5.69 Å². The van der Waals surface area contributed by atoms with Gasteiger partial charge in [-0.05, 0) is 32.4 Å². The first-order valence-electron chi connectivity index (χ1n) is 6.93. The molecule has 0 radical (unpaired) electrons. The highest BCUT2D eigenvalue weighted by Crippen LogP contribution is 2.18. The van der Waals surface area contributed by atoms with Crippen LogP contribution in [-0.4, -0.2) is 25.1 Å². The Bertz CT molecular complexity index is 523. The van der Waals surface area contributed by atoms with E-state index >= 15 is 0 Å². The number of rotatable bonds is 7. The average Bonchev–Trinajstić information content (AvgIpc) is 2.46. The van der Waals surface area contributed by atoms with Gasteiger partial charge < -0.3 is 14.8 Å². The van der Waals surface area contributed by atoms with E-state index in [4.69, 9.17) is 9.47 Å². The number of anilines is 1. The Kier molecular flexibility index (Phi) is 7.01. The van der Waals surface area contributed by atoms with E-state index in [1.54, 1.807) is 38.1 Å². The molecule has 0 spiro atoms. The molecule has 0 saturated heterocycles. The topological polar surface area (TPSA) is 64.6 Å². The van der Waals surface area contributed by atoms with Gasteiger partial charge in [-0.15, -0.1) is 0 Å². The molecule has 1 aromatic carbocycles. The number of carbonyl (C=O) groups is 2. The normalized spacial score (nSPS) is 10.9. The lowest BCUT2D eigenvalue weighted by Gasteiger charge is -2.09. The standard InChI is InChI=1S/C16H21NO4/c1-4-7-12(3)16(19)17-13-8-6-9-14(10-13)21-11-15(18)20-5-2/h6-10H,4-5,11H2,1-3H3,(H,17,19)/b12-7+. The van der Waals surface area contributed by atoms with E-state index in [0.717, 1.165) is 6.42 Å². The molecule has 0 atom stereocenters. The number of carbonyl (C=O) groups excluding carboxylic acids is 2. The van der Waals surface area contributed by atoms with Crippen molar-refractivity contribution >= 4 is 17.6 Å². The molecule has 1 rings (SSSR count). The van der Waals surface area contributed by atoms with Gasteiger partial charge in [0.2, 0.25) is 0 Å². The minimum atomic E-state index is -0.423. The summed E-state index contributed by atoms with van der Waals surface area (Å²) in [6, 6.07) is 6.88. The number of benzene rings is 1. The summed E-state index contributed by atoms with van der Waals surface area (Å²) in [5.74, 6) is -0.0777. The maximum Gasteiger partial charge on any atom is 0.344 e. The summed E-state index contributed by atoms with van der Waals surface area (Å²) in [7, 11) is 0. The third-order valence-corrected chi connectivity index (χ3v) is 2.62. The van der Waals surface area contributed by atoms with Crippen LogP contribution in [0.15, 0.2) is 35.9 Å². The van der Waals surface area contributed by atoms with Crippen molar-refractivity contribution in [1.82, 2.24) is 0 Å². The lowest BCUT2D eigenvalue weighted by molar-refractivity contribution is -0.145. The highest BCUT2D eigenvalue weighted by atomic mass is 16.6. The lowest BCUT2D eigenvalue weighted by atomic mass is 10.2. The summed E-state index contributed by atoms with van der Waals surface area (Å²) in [5.41, 5.74) is 1.28. The third kappa shape index (κ3) is 6.12. The Morgan fingerprint density at radius 2 is 2.05 bits per heavy atom. The van der Waals surface area contributed by atoms with Gasteiger partial charge in [-0.3, -0.25) is 4.79 Å². The van der Waals surface area contributed by atoms with Gasteiger partial charge in [0.15, 0.2) is 6.61 Å². The highest BCUT2D eigenvalue weighted by Gasteiger charge is 2.06. The largest absolute Gasteiger partial charge is 0.482 e. The predicted octanol–water partition coefficient (Wildman–Crippen LogP) is 2.92. The summed E-state index contributed by atoms with van der Waals surface area (Å²) in [4.78, 5) is 23.1. The summed E-state index contributed by atoms with van der Waals surface area (Å²) >= 11 is 0. The smallest absolute Gasteiger partial charge is 0.344 e. The van der Waals surface area contributed by atoms with Crippen LogP contribution >= 0.6 is 0 Å². The molecule has 0 aromatic heterocycles. The van der Waals surface area contributed by atoms with Gasteiger partial charge >= 0.3 is 5.97 Å². The number of esters is 1. The van der Waals surface area contributed by atoms with Gasteiger partial charge in [-0.2, -0.15) is 0 Å². The van der Waals surface area contributed by atoms with Crippen LogP contribution in [0.25, 0.3) is 0 Å². The Morgan fingerprint density at radius 1 is 1.29 bits per heavy atom. The van der Waals surface area contributed by atoms with Crippen LogP contribution in [0.3, 0.4) is 0 Å². The van der Waals surface area contributed by atoms with Crippen molar-refractivity contribution in [3.8, 4) is 5.75 Å². The second-order valence-corrected chi connectivity index (χ2v) is 4.37. The van der Waals surface area contributed by atoms with Crippen LogP contribution in [0.2, 0.25) is 0 Å². The quantitative estimate of drug-likeness (QED) is 0.619. The van der Waals surface area contributed by atoms with Crippen molar-refractivity contribution in [2.45, 2.75) is 27.2 Å². The Morgan fingerprint density at radius 3 is 2.71 bits per heavy atom. The molecule has 1 amide bonds. The van der Waals surface area contributed by atoms with Crippen molar-refractivity contribution in [3.05, 3.63) is 35.9 Å². The average molecular weight is 291 g/mol. The van der Waals surface area contributed by atoms with Crippen molar-refractivity contribution in [2.75, 3.05) is 18.5 Å². The molecule has 114 valence electrons. The summed E-state index contributed by atoms with van der Waals surface area (Å²) in [6.45, 7) is 5.64. The zero-order chi connectivity index (χ0) is 15.7. The number of hydrogen-bond donors (Lipinski definition) is 1. The van der Waals surface area contributed by atoms with E-state index in [0.29, 0.717) is 23.6 Å². The van der Waals surface area contributed by atoms with Crippen molar-refractivity contribution < 1.29 is 19.1 Å². The molecule has 1 N–H and O–H groups in total. The van der Waals surface area contributed by atoms with E-state index in [1.165, 1.54) is 0 Å². The van der Waals surface area contributed by atoms with Crippen LogP contribution in [0, 0.1) is 0 Å². The SMILES string of the molecule is CC/C=C(\C)C(=O)Nc1cccc(OCC(=O)OCC)c1. The molecule has 1 aromatic rings. The zero-order valence-corrected chi connectivity index (χ0v) is 12.6. The van der Waals surface area contributed by atoms with E-state index in [-0.39, 0.29) is 12.5 Å². The van der Waals surface area contributed by atoms with E-state index in [1.807, 2.05) is 13.0 Å². The molecule has 0 aliphatic carbocycles. The summed E-state index contributed by atoms with van der Waals surface area (Å²) in [5, 5.41) is 2.78. The maximum atomic E-state index is 11.9. The van der Waals surface area contributed by atoms with Gasteiger partial charge in [-0.1, -0.05) is 19.1 Å². The second kappa shape index (κ2) is 8.79. The lowest BCUT2D eigenvalue weighted by Crippen LogP contribution is -2.15. The first-order valence-corrected chi connectivity index (χ1v) is 6.93. The number of nitrogens with one attached hydrogen (secondary N) is 1. The van der Waals surface area contributed by atoms with Gasteiger partial charge in [0.1, 0.15) is 5.75 Å². The molecule has 0 aliphatic rings. The molecule has 0 unspecified atom stereocenters. The minimum Gasteiger partial charge on any atom is -0.482 e. The molecule has 21 heavy (non-hydrogen) atoms. The molecule has 0 aliphatic heterocycles. The van der Waals surface area contributed by atoms with Crippen LogP contribution in [0.1, 0.15) is 27.2 Å².